The second kappa shape index (κ2) is 5.17. The van der Waals surface area contributed by atoms with E-state index >= 15 is 0 Å². The van der Waals surface area contributed by atoms with Gasteiger partial charge < -0.3 is 9.47 Å². The molecule has 1 saturated carbocycles. The Morgan fingerprint density at radius 1 is 1.13 bits per heavy atom. The maximum Gasteiger partial charge on any atom is 0.118 e. The number of hydrogen-bond donors (Lipinski definition) is 0. The zero-order valence-corrected chi connectivity index (χ0v) is 9.24. The van der Waals surface area contributed by atoms with Crippen LogP contribution in [-0.2, 0) is 11.3 Å². The van der Waals surface area contributed by atoms with Gasteiger partial charge in [-0.3, -0.25) is 0 Å². The van der Waals surface area contributed by atoms with Gasteiger partial charge in [0.1, 0.15) is 5.75 Å². The average Bonchev–Trinajstić information content (AvgIpc) is 2.80. The van der Waals surface area contributed by atoms with Gasteiger partial charge in [-0.05, 0) is 30.5 Å². The fraction of sp³-hybridized carbons (Fsp3) is 0.538. The molecule has 1 aromatic rings. The summed E-state index contributed by atoms with van der Waals surface area (Å²) in [5.41, 5.74) is 1.22. The maximum absolute atomic E-state index is 5.82. The van der Waals surface area contributed by atoms with Gasteiger partial charge in [-0.2, -0.15) is 0 Å². The first-order chi connectivity index (χ1) is 7.38. The molecule has 1 aromatic carbocycles. The van der Waals surface area contributed by atoms with Gasteiger partial charge in [0, 0.05) is 0 Å². The van der Waals surface area contributed by atoms with Crippen molar-refractivity contribution in [2.24, 2.45) is 0 Å². The first kappa shape index (κ1) is 10.5. The summed E-state index contributed by atoms with van der Waals surface area (Å²) in [6.07, 6.45) is 5.61. The van der Waals surface area contributed by atoms with Crippen LogP contribution in [0.2, 0.25) is 0 Å². The highest BCUT2D eigenvalue weighted by Gasteiger charge is 2.14. The SMILES string of the molecule is COc1ccc(COC2CCCC2)cc1. The molecule has 0 aliphatic heterocycles. The summed E-state index contributed by atoms with van der Waals surface area (Å²) in [5.74, 6) is 0.902. The predicted molar refractivity (Wildman–Crippen MR) is 60.0 cm³/mol. The molecule has 1 fully saturated rings. The Balaban J connectivity index is 1.82. The van der Waals surface area contributed by atoms with Crippen LogP contribution in [0.1, 0.15) is 31.2 Å². The molecule has 0 heterocycles. The summed E-state index contributed by atoms with van der Waals surface area (Å²) < 4.78 is 10.9. The van der Waals surface area contributed by atoms with Crippen molar-refractivity contribution in [3.63, 3.8) is 0 Å². The third kappa shape index (κ3) is 2.96. The van der Waals surface area contributed by atoms with E-state index in [0.717, 1.165) is 12.4 Å². The van der Waals surface area contributed by atoms with Gasteiger partial charge in [0.2, 0.25) is 0 Å². The Bertz CT molecular complexity index is 286. The van der Waals surface area contributed by atoms with Gasteiger partial charge in [-0.15, -0.1) is 0 Å². The third-order valence-electron chi connectivity index (χ3n) is 2.95. The molecule has 0 unspecified atom stereocenters. The number of methoxy groups -OCH3 is 1. The smallest absolute Gasteiger partial charge is 0.118 e. The normalized spacial score (nSPS) is 16.9. The molecular weight excluding hydrogens is 188 g/mol. The van der Waals surface area contributed by atoms with Crippen LogP contribution < -0.4 is 4.74 Å². The summed E-state index contributed by atoms with van der Waals surface area (Å²) in [6, 6.07) is 8.09. The van der Waals surface area contributed by atoms with Gasteiger partial charge in [-0.25, -0.2) is 0 Å². The van der Waals surface area contributed by atoms with Crippen LogP contribution in [0.5, 0.6) is 5.75 Å². The van der Waals surface area contributed by atoms with E-state index in [1.54, 1.807) is 7.11 Å². The van der Waals surface area contributed by atoms with Crippen LogP contribution in [0.25, 0.3) is 0 Å². The molecule has 1 aliphatic carbocycles. The zero-order chi connectivity index (χ0) is 10.5. The third-order valence-corrected chi connectivity index (χ3v) is 2.95. The highest BCUT2D eigenvalue weighted by atomic mass is 16.5. The summed E-state index contributed by atoms with van der Waals surface area (Å²) >= 11 is 0. The minimum absolute atomic E-state index is 0.493. The van der Waals surface area contributed by atoms with Gasteiger partial charge in [0.25, 0.3) is 0 Å². The highest BCUT2D eigenvalue weighted by Crippen LogP contribution is 2.22. The fourth-order valence-corrected chi connectivity index (χ4v) is 1.99. The van der Waals surface area contributed by atoms with Crippen molar-refractivity contribution in [2.45, 2.75) is 38.4 Å². The molecule has 15 heavy (non-hydrogen) atoms. The summed E-state index contributed by atoms with van der Waals surface area (Å²) in [5, 5.41) is 0. The van der Waals surface area contributed by atoms with Gasteiger partial charge >= 0.3 is 0 Å². The summed E-state index contributed by atoms with van der Waals surface area (Å²) in [6.45, 7) is 0.731. The van der Waals surface area contributed by atoms with E-state index in [2.05, 4.69) is 12.1 Å². The summed E-state index contributed by atoms with van der Waals surface area (Å²) in [4.78, 5) is 0. The Morgan fingerprint density at radius 2 is 1.80 bits per heavy atom. The van der Waals surface area contributed by atoms with E-state index in [4.69, 9.17) is 9.47 Å². The minimum atomic E-state index is 0.493. The van der Waals surface area contributed by atoms with Gasteiger partial charge in [-0.1, -0.05) is 25.0 Å². The molecule has 2 nitrogen and oxygen atoms in total. The summed E-state index contributed by atoms with van der Waals surface area (Å²) in [7, 11) is 1.68. The Kier molecular flexibility index (Phi) is 3.62. The maximum atomic E-state index is 5.82. The molecule has 0 amide bonds. The van der Waals surface area contributed by atoms with Crippen LogP contribution in [0.3, 0.4) is 0 Å². The van der Waals surface area contributed by atoms with Crippen LogP contribution in [0, 0.1) is 0 Å². The van der Waals surface area contributed by atoms with E-state index < -0.39 is 0 Å². The van der Waals surface area contributed by atoms with Crippen molar-refractivity contribution in [2.75, 3.05) is 7.11 Å². The Morgan fingerprint density at radius 3 is 2.40 bits per heavy atom. The van der Waals surface area contributed by atoms with Crippen molar-refractivity contribution in [3.05, 3.63) is 29.8 Å². The van der Waals surface area contributed by atoms with E-state index in [0.29, 0.717) is 6.10 Å². The van der Waals surface area contributed by atoms with Crippen LogP contribution in [0.15, 0.2) is 24.3 Å². The zero-order valence-electron chi connectivity index (χ0n) is 9.24. The average molecular weight is 206 g/mol. The molecule has 82 valence electrons. The first-order valence-electron chi connectivity index (χ1n) is 5.63. The fourth-order valence-electron chi connectivity index (χ4n) is 1.99. The second-order valence-electron chi connectivity index (χ2n) is 4.07. The van der Waals surface area contributed by atoms with Crippen LogP contribution >= 0.6 is 0 Å². The van der Waals surface area contributed by atoms with E-state index in [1.165, 1.54) is 31.2 Å². The highest BCUT2D eigenvalue weighted by molar-refractivity contribution is 5.26. The lowest BCUT2D eigenvalue weighted by molar-refractivity contribution is 0.0457. The number of rotatable bonds is 4. The van der Waals surface area contributed by atoms with Crippen molar-refractivity contribution in [1.29, 1.82) is 0 Å². The van der Waals surface area contributed by atoms with Crippen LogP contribution in [-0.4, -0.2) is 13.2 Å². The lowest BCUT2D eigenvalue weighted by Gasteiger charge is -2.11. The second-order valence-corrected chi connectivity index (χ2v) is 4.07. The lowest BCUT2D eigenvalue weighted by atomic mass is 10.2. The monoisotopic (exact) mass is 206 g/mol. The molecule has 2 rings (SSSR count). The minimum Gasteiger partial charge on any atom is -0.497 e. The predicted octanol–water partition coefficient (Wildman–Crippen LogP) is 3.15. The van der Waals surface area contributed by atoms with Crippen molar-refractivity contribution >= 4 is 0 Å². The molecule has 0 bridgehead atoms. The molecule has 2 heteroatoms. The van der Waals surface area contributed by atoms with Crippen LogP contribution in [0.4, 0.5) is 0 Å². The van der Waals surface area contributed by atoms with Gasteiger partial charge in [0.05, 0.1) is 19.8 Å². The molecule has 0 radical (unpaired) electrons. The first-order valence-corrected chi connectivity index (χ1v) is 5.63. The van der Waals surface area contributed by atoms with Crippen molar-refractivity contribution < 1.29 is 9.47 Å². The van der Waals surface area contributed by atoms with E-state index in [1.807, 2.05) is 12.1 Å². The molecular formula is C13H18O2. The number of benzene rings is 1. The molecule has 0 aromatic heterocycles. The van der Waals surface area contributed by atoms with Crippen molar-refractivity contribution in [3.8, 4) is 5.75 Å². The molecule has 1 aliphatic rings. The largest absolute Gasteiger partial charge is 0.497 e. The van der Waals surface area contributed by atoms with Gasteiger partial charge in [0.15, 0.2) is 0 Å². The lowest BCUT2D eigenvalue weighted by Crippen LogP contribution is -2.06. The number of ether oxygens (including phenoxy) is 2. The van der Waals surface area contributed by atoms with E-state index in [-0.39, 0.29) is 0 Å². The Hall–Kier alpha value is -1.02. The molecule has 0 saturated heterocycles. The Labute approximate surface area is 91.2 Å². The molecule has 0 atom stereocenters. The quantitative estimate of drug-likeness (QED) is 0.753. The topological polar surface area (TPSA) is 18.5 Å². The molecule has 0 spiro atoms. The number of hydrogen-bond acceptors (Lipinski definition) is 2. The standard InChI is InChI=1S/C13H18O2/c1-14-12-8-6-11(7-9-12)10-15-13-4-2-3-5-13/h6-9,13H,2-5,10H2,1H3. The molecule has 0 N–H and O–H groups in total. The van der Waals surface area contributed by atoms with Crippen molar-refractivity contribution in [1.82, 2.24) is 0 Å². The van der Waals surface area contributed by atoms with E-state index in [9.17, 15) is 0 Å².